The summed E-state index contributed by atoms with van der Waals surface area (Å²) in [6, 6.07) is 8.04. The highest BCUT2D eigenvalue weighted by Crippen LogP contribution is 2.19. The maximum Gasteiger partial charge on any atom is 0.342 e. The Morgan fingerprint density at radius 2 is 2.00 bits per heavy atom. The first-order valence-electron chi connectivity index (χ1n) is 7.69. The maximum atomic E-state index is 13.5. The molecule has 1 N–H and O–H groups in total. The number of ether oxygens (including phenoxy) is 1. The zero-order chi connectivity index (χ0) is 18.4. The van der Waals surface area contributed by atoms with Crippen molar-refractivity contribution in [1.82, 2.24) is 10.3 Å². The molecule has 1 amide bonds. The van der Waals surface area contributed by atoms with E-state index in [0.29, 0.717) is 23.2 Å². The van der Waals surface area contributed by atoms with Gasteiger partial charge in [-0.25, -0.2) is 14.2 Å². The lowest BCUT2D eigenvalue weighted by molar-refractivity contribution is -0.124. The van der Waals surface area contributed by atoms with Crippen LogP contribution in [0.4, 0.5) is 4.39 Å². The van der Waals surface area contributed by atoms with Crippen molar-refractivity contribution >= 4 is 23.5 Å². The van der Waals surface area contributed by atoms with Gasteiger partial charge < -0.3 is 10.1 Å². The quantitative estimate of drug-likeness (QED) is 0.632. The number of esters is 1. The number of carbonyl (C=O) groups is 2. The molecular formula is C18H18ClFN2O3. The average molecular weight is 365 g/mol. The second-order valence-electron chi connectivity index (χ2n) is 5.51. The molecule has 0 aliphatic carbocycles. The molecule has 2 aromatic rings. The van der Waals surface area contributed by atoms with E-state index in [0.717, 1.165) is 0 Å². The monoisotopic (exact) mass is 364 g/mol. The number of hydrogen-bond acceptors (Lipinski definition) is 4. The first-order valence-corrected chi connectivity index (χ1v) is 8.07. The van der Waals surface area contributed by atoms with Gasteiger partial charge in [0, 0.05) is 12.2 Å². The number of pyridine rings is 1. The molecule has 0 atom stereocenters. The topological polar surface area (TPSA) is 68.3 Å². The number of halogens is 2. The molecule has 0 fully saturated rings. The Morgan fingerprint density at radius 3 is 2.68 bits per heavy atom. The van der Waals surface area contributed by atoms with Crippen LogP contribution in [0.5, 0.6) is 0 Å². The number of aryl methyl sites for hydroxylation is 2. The second-order valence-corrected chi connectivity index (χ2v) is 5.87. The smallest absolute Gasteiger partial charge is 0.342 e. The van der Waals surface area contributed by atoms with E-state index in [9.17, 15) is 14.0 Å². The van der Waals surface area contributed by atoms with E-state index in [1.165, 1.54) is 6.07 Å². The first kappa shape index (κ1) is 18.9. The summed E-state index contributed by atoms with van der Waals surface area (Å²) in [7, 11) is 0. The molecule has 7 heteroatoms. The minimum atomic E-state index is -0.709. The van der Waals surface area contributed by atoms with E-state index >= 15 is 0 Å². The van der Waals surface area contributed by atoms with Crippen LogP contribution in [0.3, 0.4) is 0 Å². The Hall–Kier alpha value is -2.47. The summed E-state index contributed by atoms with van der Waals surface area (Å²) < 4.78 is 18.4. The predicted octanol–water partition coefficient (Wildman–Crippen LogP) is 3.01. The molecule has 0 aliphatic rings. The molecule has 0 aliphatic heterocycles. The fourth-order valence-electron chi connectivity index (χ4n) is 2.33. The molecule has 5 nitrogen and oxygen atoms in total. The van der Waals surface area contributed by atoms with Gasteiger partial charge in [-0.15, -0.1) is 0 Å². The SMILES string of the molecule is Cc1cc(C)c(C(=O)OCC(=O)NCCc2ccccc2F)c(Cl)n1. The van der Waals surface area contributed by atoms with Crippen LogP contribution in [0.15, 0.2) is 30.3 Å². The number of rotatable bonds is 6. The van der Waals surface area contributed by atoms with E-state index < -0.39 is 18.5 Å². The van der Waals surface area contributed by atoms with Crippen molar-refractivity contribution in [3.05, 3.63) is 63.7 Å². The van der Waals surface area contributed by atoms with E-state index in [1.54, 1.807) is 38.1 Å². The van der Waals surface area contributed by atoms with Crippen LogP contribution in [0.1, 0.15) is 27.2 Å². The highest BCUT2D eigenvalue weighted by atomic mass is 35.5. The van der Waals surface area contributed by atoms with Crippen molar-refractivity contribution < 1.29 is 18.7 Å². The number of amides is 1. The average Bonchev–Trinajstić information content (AvgIpc) is 2.54. The molecular weight excluding hydrogens is 347 g/mol. The molecule has 132 valence electrons. The summed E-state index contributed by atoms with van der Waals surface area (Å²) in [5, 5.41) is 2.62. The van der Waals surface area contributed by atoms with Crippen molar-refractivity contribution in [2.24, 2.45) is 0 Å². The van der Waals surface area contributed by atoms with Gasteiger partial charge in [-0.05, 0) is 43.5 Å². The minimum absolute atomic E-state index is 0.0439. The van der Waals surface area contributed by atoms with Crippen molar-refractivity contribution in [1.29, 1.82) is 0 Å². The zero-order valence-electron chi connectivity index (χ0n) is 13.9. The lowest BCUT2D eigenvalue weighted by atomic mass is 10.1. The van der Waals surface area contributed by atoms with Crippen molar-refractivity contribution in [3.63, 3.8) is 0 Å². The van der Waals surface area contributed by atoms with Crippen LogP contribution >= 0.6 is 11.6 Å². The van der Waals surface area contributed by atoms with Gasteiger partial charge >= 0.3 is 5.97 Å². The minimum Gasteiger partial charge on any atom is -0.452 e. The van der Waals surface area contributed by atoms with Crippen molar-refractivity contribution in [2.45, 2.75) is 20.3 Å². The third kappa shape index (κ3) is 5.26. The van der Waals surface area contributed by atoms with E-state index in [1.807, 2.05) is 0 Å². The standard InChI is InChI=1S/C18H18ClFN2O3/c1-11-9-12(2)22-17(19)16(11)18(24)25-10-15(23)21-8-7-13-5-3-4-6-14(13)20/h3-6,9H,7-8,10H2,1-2H3,(H,21,23). The van der Waals surface area contributed by atoms with Gasteiger partial charge in [-0.2, -0.15) is 0 Å². The highest BCUT2D eigenvalue weighted by Gasteiger charge is 2.18. The Bertz CT molecular complexity index is 773. The van der Waals surface area contributed by atoms with Crippen molar-refractivity contribution in [3.8, 4) is 0 Å². The van der Waals surface area contributed by atoms with E-state index in [2.05, 4.69) is 10.3 Å². The molecule has 1 aromatic carbocycles. The van der Waals surface area contributed by atoms with Crippen LogP contribution < -0.4 is 5.32 Å². The molecule has 0 spiro atoms. The molecule has 25 heavy (non-hydrogen) atoms. The largest absolute Gasteiger partial charge is 0.452 e. The van der Waals surface area contributed by atoms with Gasteiger partial charge in [-0.3, -0.25) is 4.79 Å². The summed E-state index contributed by atoms with van der Waals surface area (Å²) in [6.07, 6.45) is 0.346. The summed E-state index contributed by atoms with van der Waals surface area (Å²) in [4.78, 5) is 27.8. The van der Waals surface area contributed by atoms with E-state index in [-0.39, 0.29) is 23.1 Å². The normalized spacial score (nSPS) is 10.4. The number of nitrogens with one attached hydrogen (secondary N) is 1. The van der Waals surface area contributed by atoms with Gasteiger partial charge in [0.05, 0.1) is 5.56 Å². The fourth-order valence-corrected chi connectivity index (χ4v) is 2.69. The Labute approximate surface area is 150 Å². The number of carbonyl (C=O) groups excluding carboxylic acids is 2. The van der Waals surface area contributed by atoms with Gasteiger partial charge in [0.1, 0.15) is 11.0 Å². The number of nitrogens with zero attached hydrogens (tertiary/aromatic N) is 1. The predicted molar refractivity (Wildman–Crippen MR) is 92.1 cm³/mol. The molecule has 0 saturated carbocycles. The highest BCUT2D eigenvalue weighted by molar-refractivity contribution is 6.32. The van der Waals surface area contributed by atoms with Crippen LogP contribution in [0, 0.1) is 19.7 Å². The fraction of sp³-hybridized carbons (Fsp3) is 0.278. The zero-order valence-corrected chi connectivity index (χ0v) is 14.7. The first-order chi connectivity index (χ1) is 11.9. The lowest BCUT2D eigenvalue weighted by Gasteiger charge is -2.10. The molecule has 0 saturated heterocycles. The molecule has 0 bridgehead atoms. The maximum absolute atomic E-state index is 13.5. The number of benzene rings is 1. The second kappa shape index (κ2) is 8.58. The summed E-state index contributed by atoms with van der Waals surface area (Å²) in [6.45, 7) is 3.27. The third-order valence-corrected chi connectivity index (χ3v) is 3.79. The van der Waals surface area contributed by atoms with Crippen LogP contribution in [0.2, 0.25) is 5.15 Å². The van der Waals surface area contributed by atoms with Crippen LogP contribution in [-0.2, 0) is 16.0 Å². The summed E-state index contributed by atoms with van der Waals surface area (Å²) >= 11 is 5.96. The number of hydrogen-bond donors (Lipinski definition) is 1. The summed E-state index contributed by atoms with van der Waals surface area (Å²) in [5.74, 6) is -1.50. The Balaban J connectivity index is 1.82. The molecule has 0 radical (unpaired) electrons. The van der Waals surface area contributed by atoms with Gasteiger partial charge in [0.2, 0.25) is 0 Å². The number of aromatic nitrogens is 1. The Morgan fingerprint density at radius 1 is 1.28 bits per heavy atom. The van der Waals surface area contributed by atoms with Crippen LogP contribution in [-0.4, -0.2) is 30.0 Å². The molecule has 1 heterocycles. The van der Waals surface area contributed by atoms with Gasteiger partial charge in [0.15, 0.2) is 6.61 Å². The molecule has 2 rings (SSSR count). The molecule has 0 unspecified atom stereocenters. The molecule has 1 aromatic heterocycles. The summed E-state index contributed by atoms with van der Waals surface area (Å²) in [5.41, 5.74) is 1.96. The van der Waals surface area contributed by atoms with Gasteiger partial charge in [0.25, 0.3) is 5.91 Å². The lowest BCUT2D eigenvalue weighted by Crippen LogP contribution is -2.30. The van der Waals surface area contributed by atoms with E-state index in [4.69, 9.17) is 16.3 Å². The van der Waals surface area contributed by atoms with Crippen molar-refractivity contribution in [2.75, 3.05) is 13.2 Å². The third-order valence-electron chi connectivity index (χ3n) is 3.51. The van der Waals surface area contributed by atoms with Crippen LogP contribution in [0.25, 0.3) is 0 Å². The Kier molecular flexibility index (Phi) is 6.47. The van der Waals surface area contributed by atoms with Gasteiger partial charge in [-0.1, -0.05) is 29.8 Å².